The van der Waals surface area contributed by atoms with Crippen molar-refractivity contribution >= 4 is 40.1 Å². The van der Waals surface area contributed by atoms with Crippen molar-refractivity contribution in [2.24, 2.45) is 0 Å². The third-order valence-corrected chi connectivity index (χ3v) is 9.52. The monoisotopic (exact) mass is 651 g/mol. The number of methoxy groups -OCH3 is 1. The Kier molecular flexibility index (Phi) is 10.5. The molecule has 2 aliphatic rings. The van der Waals surface area contributed by atoms with Crippen LogP contribution in [0.4, 0.5) is 4.79 Å². The predicted molar refractivity (Wildman–Crippen MR) is 174 cm³/mol. The fourth-order valence-corrected chi connectivity index (χ4v) is 6.87. The van der Waals surface area contributed by atoms with Crippen molar-refractivity contribution in [2.45, 2.75) is 83.4 Å². The maximum atomic E-state index is 13.7. The van der Waals surface area contributed by atoms with Crippen molar-refractivity contribution in [1.29, 1.82) is 0 Å². The Morgan fingerprint density at radius 3 is 2.65 bits per heavy atom. The molecule has 4 atom stereocenters. The molecule has 1 fully saturated rings. The molecule has 0 saturated carbocycles. The lowest BCUT2D eigenvalue weighted by molar-refractivity contribution is -0.823. The average molecular weight is 652 g/mol. The van der Waals surface area contributed by atoms with Crippen molar-refractivity contribution in [2.75, 3.05) is 27.2 Å². The van der Waals surface area contributed by atoms with E-state index in [1.54, 1.807) is 19.1 Å². The first-order valence-electron chi connectivity index (χ1n) is 15.8. The van der Waals surface area contributed by atoms with Gasteiger partial charge in [-0.15, -0.1) is 11.3 Å². The summed E-state index contributed by atoms with van der Waals surface area (Å²) in [6.07, 6.45) is 7.02. The van der Waals surface area contributed by atoms with Crippen LogP contribution < -0.4 is 19.7 Å². The number of carbonyl (C=O) groups excluding carboxylic acids is 2. The minimum Gasteiger partial charge on any atom is -0.496 e. The summed E-state index contributed by atoms with van der Waals surface area (Å²) in [6.45, 7) is 6.85. The van der Waals surface area contributed by atoms with E-state index in [9.17, 15) is 19.5 Å². The van der Waals surface area contributed by atoms with E-state index in [1.165, 1.54) is 11.3 Å². The molecule has 3 amide bonds. The minimum atomic E-state index is -1.10. The molecule has 2 aromatic heterocycles. The third kappa shape index (κ3) is 7.31. The molecule has 2 aliphatic heterocycles. The Balaban J connectivity index is 1.49. The van der Waals surface area contributed by atoms with Gasteiger partial charge in [-0.3, -0.25) is 9.69 Å². The molecule has 12 nitrogen and oxygen atoms in total. The van der Waals surface area contributed by atoms with E-state index in [1.807, 2.05) is 36.6 Å². The quantitative estimate of drug-likeness (QED) is 0.339. The molecule has 0 aliphatic carbocycles. The zero-order valence-corrected chi connectivity index (χ0v) is 27.9. The van der Waals surface area contributed by atoms with Crippen molar-refractivity contribution < 1.29 is 33.9 Å². The highest BCUT2D eigenvalue weighted by Gasteiger charge is 2.48. The summed E-state index contributed by atoms with van der Waals surface area (Å²) in [5.41, 5.74) is 2.43. The molecule has 3 N–H and O–H groups in total. The van der Waals surface area contributed by atoms with Gasteiger partial charge in [0, 0.05) is 24.5 Å². The first-order valence-corrected chi connectivity index (χ1v) is 16.7. The van der Waals surface area contributed by atoms with Crippen LogP contribution in [0.15, 0.2) is 29.7 Å². The van der Waals surface area contributed by atoms with E-state index >= 15 is 0 Å². The van der Waals surface area contributed by atoms with Crippen LogP contribution in [0, 0.1) is 6.92 Å². The smallest absolute Gasteiger partial charge is 0.417 e. The molecule has 4 unspecified atom stereocenters. The Morgan fingerprint density at radius 2 is 1.93 bits per heavy atom. The van der Waals surface area contributed by atoms with Gasteiger partial charge in [0.2, 0.25) is 5.88 Å². The minimum absolute atomic E-state index is 0.206. The van der Waals surface area contributed by atoms with Gasteiger partial charge < -0.3 is 19.9 Å². The number of nitrogens with zero attached hydrogens (tertiary/aromatic N) is 4. The standard InChI is InChI=1S/C33H42N6O6S/c1-19(2)24-18-46-31(35-24)28-36-27-20(3)26(44-5)14-13-22(27)30(37-28)45-21-16-25-29(40)34-23(32(41)42)12-10-8-6-7-9-11-15-38(4)33(43)39(25)17-21/h6,8,13-14,18-19,21,23,25H,7,9-12,15-17H2,1-5H3,(H,34,40)(H,41,42)/p+1. The van der Waals surface area contributed by atoms with Crippen LogP contribution in [0.25, 0.3) is 21.7 Å². The molecule has 0 bridgehead atoms. The number of rotatable bonds is 6. The van der Waals surface area contributed by atoms with Crippen LogP contribution in [-0.2, 0) is 9.59 Å². The third-order valence-electron chi connectivity index (χ3n) is 8.66. The zero-order chi connectivity index (χ0) is 33.0. The van der Waals surface area contributed by atoms with Gasteiger partial charge in [0.1, 0.15) is 18.3 Å². The highest BCUT2D eigenvalue weighted by Crippen LogP contribution is 2.35. The number of ether oxygens (including phenoxy) is 2. The number of quaternary nitrogens is 1. The predicted octanol–water partition coefficient (Wildman–Crippen LogP) is 3.74. The average Bonchev–Trinajstić information content (AvgIpc) is 3.69. The molecular weight excluding hydrogens is 608 g/mol. The number of aryl methyl sites for hydroxylation is 1. The number of carboxylic acids is 1. The number of carboxylic acid groups (broad SMARTS) is 1. The second-order valence-electron chi connectivity index (χ2n) is 12.3. The first-order chi connectivity index (χ1) is 22.1. The Morgan fingerprint density at radius 1 is 1.15 bits per heavy atom. The summed E-state index contributed by atoms with van der Waals surface area (Å²) < 4.78 is 12.1. The van der Waals surface area contributed by atoms with Crippen LogP contribution >= 0.6 is 11.3 Å². The largest absolute Gasteiger partial charge is 0.496 e. The molecular formula is C33H43N6O6S+. The molecule has 246 valence electrons. The molecule has 3 aromatic rings. The SMILES string of the molecule is COc1ccc2c(OC3CC4C(=O)NC(C(=O)O)CCC=CCCCCN(C)C(=O)[NH+]4C3)nc(-c3nc(C(C)C)cs3)nc2c1C. The Bertz CT molecular complexity index is 1620. The molecule has 4 heterocycles. The summed E-state index contributed by atoms with van der Waals surface area (Å²) in [6, 6.07) is 1.58. The maximum Gasteiger partial charge on any atom is 0.417 e. The number of hydrogen-bond donors (Lipinski definition) is 3. The summed E-state index contributed by atoms with van der Waals surface area (Å²) >= 11 is 1.46. The molecule has 46 heavy (non-hydrogen) atoms. The number of hydrogen-bond acceptors (Lipinski definition) is 9. The number of thiazole rings is 1. The molecule has 13 heteroatoms. The van der Waals surface area contributed by atoms with Gasteiger partial charge >= 0.3 is 12.0 Å². The van der Waals surface area contributed by atoms with Crippen molar-refractivity contribution in [3.05, 3.63) is 40.9 Å². The number of aliphatic carboxylic acids is 1. The molecule has 5 rings (SSSR count). The number of fused-ring (bicyclic) bond motifs is 2. The van der Waals surface area contributed by atoms with E-state index in [4.69, 9.17) is 24.4 Å². The number of benzene rings is 1. The van der Waals surface area contributed by atoms with Gasteiger partial charge in [0.25, 0.3) is 5.91 Å². The Hall–Kier alpha value is -4.10. The normalized spacial score (nSPS) is 23.1. The lowest BCUT2D eigenvalue weighted by Gasteiger charge is -2.24. The van der Waals surface area contributed by atoms with Crippen LogP contribution in [0.5, 0.6) is 11.6 Å². The number of amides is 3. The second-order valence-corrected chi connectivity index (χ2v) is 13.2. The van der Waals surface area contributed by atoms with E-state index in [0.29, 0.717) is 51.2 Å². The summed E-state index contributed by atoms with van der Waals surface area (Å²) in [5.74, 6) is 0.0881. The van der Waals surface area contributed by atoms with E-state index in [0.717, 1.165) is 30.5 Å². The first kappa shape index (κ1) is 33.3. The van der Waals surface area contributed by atoms with Crippen LogP contribution in [-0.4, -0.2) is 88.3 Å². The zero-order valence-electron chi connectivity index (χ0n) is 27.0. The van der Waals surface area contributed by atoms with Gasteiger partial charge in [-0.25, -0.2) is 24.5 Å². The van der Waals surface area contributed by atoms with Gasteiger partial charge in [-0.1, -0.05) is 26.0 Å². The Labute approximate surface area is 272 Å². The second kappa shape index (κ2) is 14.5. The lowest BCUT2D eigenvalue weighted by atomic mass is 10.1. The van der Waals surface area contributed by atoms with Gasteiger partial charge in [-0.05, 0) is 57.1 Å². The highest BCUT2D eigenvalue weighted by atomic mass is 32.1. The van der Waals surface area contributed by atoms with Crippen LogP contribution in [0.3, 0.4) is 0 Å². The number of urea groups is 1. The van der Waals surface area contributed by atoms with E-state index in [-0.39, 0.29) is 31.3 Å². The van der Waals surface area contributed by atoms with E-state index in [2.05, 4.69) is 19.2 Å². The summed E-state index contributed by atoms with van der Waals surface area (Å²) in [5, 5.41) is 15.9. The fraction of sp³-hybridized carbons (Fsp3) is 0.515. The summed E-state index contributed by atoms with van der Waals surface area (Å²) in [4.78, 5) is 55.9. The van der Waals surface area contributed by atoms with Crippen molar-refractivity contribution in [3.8, 4) is 22.5 Å². The molecule has 0 spiro atoms. The molecule has 1 aromatic carbocycles. The molecule has 0 radical (unpaired) electrons. The van der Waals surface area contributed by atoms with E-state index < -0.39 is 30.1 Å². The van der Waals surface area contributed by atoms with Gasteiger partial charge in [0.05, 0.1) is 30.1 Å². The van der Waals surface area contributed by atoms with Crippen LogP contribution in [0.2, 0.25) is 0 Å². The van der Waals surface area contributed by atoms with Crippen molar-refractivity contribution in [3.63, 3.8) is 0 Å². The number of allylic oxidation sites excluding steroid dienone is 2. The van der Waals surface area contributed by atoms with Gasteiger partial charge in [-0.2, -0.15) is 4.98 Å². The highest BCUT2D eigenvalue weighted by molar-refractivity contribution is 7.13. The number of carbonyl (C=O) groups is 3. The lowest BCUT2D eigenvalue weighted by Crippen LogP contribution is -3.19. The summed E-state index contributed by atoms with van der Waals surface area (Å²) in [7, 11) is 3.35. The topological polar surface area (TPSA) is 148 Å². The van der Waals surface area contributed by atoms with Crippen LogP contribution in [0.1, 0.15) is 69.5 Å². The van der Waals surface area contributed by atoms with Gasteiger partial charge in [0.15, 0.2) is 23.0 Å². The fourth-order valence-electron chi connectivity index (χ4n) is 5.96. The maximum absolute atomic E-state index is 13.7. The number of nitrogens with one attached hydrogen (secondary N) is 2. The number of aromatic nitrogens is 3. The van der Waals surface area contributed by atoms with Crippen molar-refractivity contribution in [1.82, 2.24) is 25.2 Å². The molecule has 1 saturated heterocycles.